The van der Waals surface area contributed by atoms with E-state index in [9.17, 15) is 9.59 Å². The predicted molar refractivity (Wildman–Crippen MR) is 109 cm³/mol. The van der Waals surface area contributed by atoms with Crippen LogP contribution in [0.1, 0.15) is 15.9 Å². The summed E-state index contributed by atoms with van der Waals surface area (Å²) in [6, 6.07) is 18.8. The lowest BCUT2D eigenvalue weighted by molar-refractivity contribution is -0.120. The number of rotatable bonds is 6. The van der Waals surface area contributed by atoms with Gasteiger partial charge in [0, 0.05) is 16.6 Å². The maximum absolute atomic E-state index is 12.0. The molecule has 2 amide bonds. The molecule has 138 valence electrons. The van der Waals surface area contributed by atoms with Gasteiger partial charge in [-0.25, -0.2) is 0 Å². The molecule has 0 spiro atoms. The zero-order valence-corrected chi connectivity index (χ0v) is 16.4. The van der Waals surface area contributed by atoms with Crippen molar-refractivity contribution < 1.29 is 14.3 Å². The number of methoxy groups -OCH3 is 1. The van der Waals surface area contributed by atoms with Crippen LogP contribution in [0.25, 0.3) is 10.8 Å². The van der Waals surface area contributed by atoms with Crippen LogP contribution in [0.5, 0.6) is 5.75 Å². The minimum absolute atomic E-state index is 0.0698. The highest BCUT2D eigenvalue weighted by Crippen LogP contribution is 2.21. The molecule has 0 aliphatic heterocycles. The maximum atomic E-state index is 12.0. The van der Waals surface area contributed by atoms with Gasteiger partial charge in [-0.3, -0.25) is 9.59 Å². The summed E-state index contributed by atoms with van der Waals surface area (Å²) >= 11 is 3.32. The zero-order chi connectivity index (χ0) is 19.2. The van der Waals surface area contributed by atoms with Crippen LogP contribution in [0, 0.1) is 0 Å². The molecule has 3 rings (SSSR count). The van der Waals surface area contributed by atoms with Gasteiger partial charge in [0.15, 0.2) is 0 Å². The molecular formula is C21H19BrN2O3. The highest BCUT2D eigenvalue weighted by Gasteiger charge is 2.08. The van der Waals surface area contributed by atoms with Crippen molar-refractivity contribution in [2.24, 2.45) is 0 Å². The van der Waals surface area contributed by atoms with Crippen molar-refractivity contribution in [1.29, 1.82) is 0 Å². The first kappa shape index (κ1) is 18.9. The monoisotopic (exact) mass is 426 g/mol. The summed E-state index contributed by atoms with van der Waals surface area (Å²) in [6.45, 7) is 0.328. The van der Waals surface area contributed by atoms with E-state index in [4.69, 9.17) is 4.74 Å². The Kier molecular flexibility index (Phi) is 6.08. The topological polar surface area (TPSA) is 67.4 Å². The van der Waals surface area contributed by atoms with E-state index in [1.165, 1.54) is 0 Å². The van der Waals surface area contributed by atoms with Gasteiger partial charge in [-0.1, -0.05) is 34.1 Å². The average Bonchev–Trinajstić information content (AvgIpc) is 2.70. The lowest BCUT2D eigenvalue weighted by atomic mass is 10.1. The molecule has 5 nitrogen and oxygen atoms in total. The summed E-state index contributed by atoms with van der Waals surface area (Å²) in [4.78, 5) is 24.0. The predicted octanol–water partition coefficient (Wildman–Crippen LogP) is 3.66. The molecule has 0 heterocycles. The number of carbonyl (C=O) groups excluding carboxylic acids is 2. The van der Waals surface area contributed by atoms with E-state index in [0.29, 0.717) is 12.1 Å². The van der Waals surface area contributed by atoms with E-state index in [0.717, 1.165) is 26.6 Å². The number of hydrogen-bond acceptors (Lipinski definition) is 3. The molecule has 3 aromatic carbocycles. The van der Waals surface area contributed by atoms with Crippen LogP contribution in [0.4, 0.5) is 0 Å². The Morgan fingerprint density at radius 1 is 0.926 bits per heavy atom. The summed E-state index contributed by atoms with van der Waals surface area (Å²) < 4.78 is 6.12. The third-order valence-electron chi connectivity index (χ3n) is 4.12. The molecule has 0 unspecified atom stereocenters. The van der Waals surface area contributed by atoms with Crippen LogP contribution >= 0.6 is 15.9 Å². The van der Waals surface area contributed by atoms with E-state index < -0.39 is 0 Å². The highest BCUT2D eigenvalue weighted by atomic mass is 79.9. The molecule has 0 bridgehead atoms. The number of halogens is 1. The van der Waals surface area contributed by atoms with Crippen LogP contribution in [-0.2, 0) is 11.3 Å². The molecular weight excluding hydrogens is 408 g/mol. The van der Waals surface area contributed by atoms with Gasteiger partial charge in [-0.2, -0.15) is 0 Å². The molecule has 0 aliphatic carbocycles. The molecule has 2 N–H and O–H groups in total. The molecule has 3 aromatic rings. The van der Waals surface area contributed by atoms with E-state index in [2.05, 4.69) is 26.6 Å². The first-order valence-electron chi connectivity index (χ1n) is 8.42. The van der Waals surface area contributed by atoms with Gasteiger partial charge in [0.1, 0.15) is 5.75 Å². The van der Waals surface area contributed by atoms with Crippen LogP contribution in [0.2, 0.25) is 0 Å². The lowest BCUT2D eigenvalue weighted by Gasteiger charge is -2.09. The summed E-state index contributed by atoms with van der Waals surface area (Å²) in [5.41, 5.74) is 1.50. The number of carbonyl (C=O) groups is 2. The molecule has 0 saturated heterocycles. The Morgan fingerprint density at radius 3 is 2.37 bits per heavy atom. The Balaban J connectivity index is 1.52. The van der Waals surface area contributed by atoms with Crippen molar-refractivity contribution in [2.75, 3.05) is 13.7 Å². The Hall–Kier alpha value is -2.86. The molecule has 0 radical (unpaired) electrons. The molecule has 0 fully saturated rings. The van der Waals surface area contributed by atoms with Crippen molar-refractivity contribution in [3.05, 3.63) is 76.3 Å². The second kappa shape index (κ2) is 8.68. The number of hydrogen-bond donors (Lipinski definition) is 2. The Morgan fingerprint density at radius 2 is 1.63 bits per heavy atom. The van der Waals surface area contributed by atoms with Gasteiger partial charge in [0.05, 0.1) is 13.7 Å². The maximum Gasteiger partial charge on any atom is 0.251 e. The van der Waals surface area contributed by atoms with Crippen molar-refractivity contribution in [3.63, 3.8) is 0 Å². The van der Waals surface area contributed by atoms with E-state index in [1.807, 2.05) is 36.4 Å². The zero-order valence-electron chi connectivity index (χ0n) is 14.8. The standard InChI is InChI=1S/C21H19BrN2O3/c1-27-19-9-6-16-10-14(2-3-17(16)11-19)12-23-20(25)13-24-21(26)15-4-7-18(22)8-5-15/h2-11H,12-13H2,1H3,(H,23,25)(H,24,26). The quantitative estimate of drug-likeness (QED) is 0.631. The lowest BCUT2D eigenvalue weighted by Crippen LogP contribution is -2.36. The molecule has 0 atom stereocenters. The third kappa shape index (κ3) is 5.08. The molecule has 6 heteroatoms. The molecule has 27 heavy (non-hydrogen) atoms. The van der Waals surface area contributed by atoms with Gasteiger partial charge in [0.25, 0.3) is 5.91 Å². The van der Waals surface area contributed by atoms with Crippen LogP contribution in [-0.4, -0.2) is 25.5 Å². The summed E-state index contributed by atoms with van der Waals surface area (Å²) in [6.07, 6.45) is 0. The molecule has 0 aromatic heterocycles. The number of nitrogens with one attached hydrogen (secondary N) is 2. The largest absolute Gasteiger partial charge is 0.497 e. The first-order valence-corrected chi connectivity index (χ1v) is 9.21. The van der Waals surface area contributed by atoms with Crippen LogP contribution < -0.4 is 15.4 Å². The smallest absolute Gasteiger partial charge is 0.251 e. The SMILES string of the molecule is COc1ccc2cc(CNC(=O)CNC(=O)c3ccc(Br)cc3)ccc2c1. The summed E-state index contributed by atoms with van der Waals surface area (Å²) in [7, 11) is 1.64. The number of benzene rings is 3. The minimum atomic E-state index is -0.280. The highest BCUT2D eigenvalue weighted by molar-refractivity contribution is 9.10. The van der Waals surface area contributed by atoms with Gasteiger partial charge in [-0.15, -0.1) is 0 Å². The van der Waals surface area contributed by atoms with Gasteiger partial charge >= 0.3 is 0 Å². The summed E-state index contributed by atoms with van der Waals surface area (Å²) in [5, 5.41) is 7.58. The number of amides is 2. The van der Waals surface area contributed by atoms with E-state index >= 15 is 0 Å². The van der Waals surface area contributed by atoms with Crippen molar-refractivity contribution in [2.45, 2.75) is 6.54 Å². The fourth-order valence-corrected chi connectivity index (χ4v) is 2.90. The molecule has 0 saturated carbocycles. The Labute approximate surface area is 165 Å². The van der Waals surface area contributed by atoms with Gasteiger partial charge in [0.2, 0.25) is 5.91 Å². The van der Waals surface area contributed by atoms with Crippen LogP contribution in [0.15, 0.2) is 65.1 Å². The summed E-state index contributed by atoms with van der Waals surface area (Å²) in [5.74, 6) is 0.290. The molecule has 0 aliphatic rings. The second-order valence-corrected chi connectivity index (χ2v) is 6.93. The number of fused-ring (bicyclic) bond motifs is 1. The third-order valence-corrected chi connectivity index (χ3v) is 4.65. The first-order chi connectivity index (χ1) is 13.0. The van der Waals surface area contributed by atoms with E-state index in [-0.39, 0.29) is 18.4 Å². The van der Waals surface area contributed by atoms with Gasteiger partial charge < -0.3 is 15.4 Å². The van der Waals surface area contributed by atoms with Crippen molar-refractivity contribution in [3.8, 4) is 5.75 Å². The minimum Gasteiger partial charge on any atom is -0.497 e. The fraction of sp³-hybridized carbons (Fsp3) is 0.143. The average molecular weight is 427 g/mol. The number of ether oxygens (including phenoxy) is 1. The van der Waals surface area contributed by atoms with Crippen LogP contribution in [0.3, 0.4) is 0 Å². The second-order valence-electron chi connectivity index (χ2n) is 6.01. The van der Waals surface area contributed by atoms with E-state index in [1.54, 1.807) is 31.4 Å². The van der Waals surface area contributed by atoms with Crippen molar-refractivity contribution in [1.82, 2.24) is 10.6 Å². The Bertz CT molecular complexity index is 971. The van der Waals surface area contributed by atoms with Crippen molar-refractivity contribution >= 4 is 38.5 Å². The fourth-order valence-electron chi connectivity index (χ4n) is 2.64. The van der Waals surface area contributed by atoms with Gasteiger partial charge in [-0.05, 0) is 58.8 Å². The normalized spacial score (nSPS) is 10.4.